The highest BCUT2D eigenvalue weighted by molar-refractivity contribution is 7.11. The minimum atomic E-state index is -0.200. The number of hydrazone groups is 1. The van der Waals surface area contributed by atoms with Crippen LogP contribution >= 0.6 is 11.3 Å². The van der Waals surface area contributed by atoms with E-state index in [-0.39, 0.29) is 5.91 Å². The van der Waals surface area contributed by atoms with Crippen LogP contribution in [0.3, 0.4) is 0 Å². The summed E-state index contributed by atoms with van der Waals surface area (Å²) < 4.78 is 0. The average molecular weight is 301 g/mol. The molecule has 0 aliphatic carbocycles. The third kappa shape index (κ3) is 4.16. The Hall–Kier alpha value is -2.14. The normalized spacial score (nSPS) is 10.8. The quantitative estimate of drug-likeness (QED) is 0.657. The van der Waals surface area contributed by atoms with E-state index in [9.17, 15) is 4.79 Å². The molecule has 5 heteroatoms. The van der Waals surface area contributed by atoms with E-state index < -0.39 is 0 Å². The number of nitrogens with one attached hydrogen (secondary N) is 1. The molecule has 0 fully saturated rings. The van der Waals surface area contributed by atoms with Crippen molar-refractivity contribution < 1.29 is 4.79 Å². The van der Waals surface area contributed by atoms with E-state index in [4.69, 9.17) is 0 Å². The maximum Gasteiger partial charge on any atom is 0.271 e. The van der Waals surface area contributed by atoms with Gasteiger partial charge in [0.15, 0.2) is 0 Å². The van der Waals surface area contributed by atoms with E-state index in [0.717, 1.165) is 23.7 Å². The molecule has 21 heavy (non-hydrogen) atoms. The van der Waals surface area contributed by atoms with E-state index >= 15 is 0 Å². The number of thiophene rings is 1. The Morgan fingerprint density at radius 3 is 2.52 bits per heavy atom. The lowest BCUT2D eigenvalue weighted by atomic mass is 10.2. The first-order valence-electron chi connectivity index (χ1n) is 6.96. The molecule has 1 N–H and O–H groups in total. The topological polar surface area (TPSA) is 44.7 Å². The van der Waals surface area contributed by atoms with Crippen LogP contribution < -0.4 is 10.3 Å². The van der Waals surface area contributed by atoms with Gasteiger partial charge in [-0.05, 0) is 49.6 Å². The highest BCUT2D eigenvalue weighted by Gasteiger charge is 2.06. The van der Waals surface area contributed by atoms with E-state index in [1.54, 1.807) is 17.6 Å². The maximum absolute atomic E-state index is 12.0. The van der Waals surface area contributed by atoms with Gasteiger partial charge in [-0.25, -0.2) is 5.43 Å². The van der Waals surface area contributed by atoms with Gasteiger partial charge in [-0.1, -0.05) is 6.07 Å². The molecular formula is C16H19N3OS. The standard InChI is InChI=1S/C16H19N3OS/c1-3-19(4-2)14-9-7-13(8-10-14)16(20)18-17-12-15-6-5-11-21-15/h5-12H,3-4H2,1-2H3,(H,18,20). The summed E-state index contributed by atoms with van der Waals surface area (Å²) >= 11 is 1.57. The SMILES string of the molecule is CCN(CC)c1ccc(C(=O)NN=Cc2cccs2)cc1. The van der Waals surface area contributed by atoms with Crippen molar-refractivity contribution in [1.82, 2.24) is 5.43 Å². The molecule has 0 radical (unpaired) electrons. The molecular weight excluding hydrogens is 282 g/mol. The number of carbonyl (C=O) groups is 1. The van der Waals surface area contributed by atoms with Gasteiger partial charge >= 0.3 is 0 Å². The highest BCUT2D eigenvalue weighted by atomic mass is 32.1. The Morgan fingerprint density at radius 1 is 1.24 bits per heavy atom. The Labute approximate surface area is 129 Å². The van der Waals surface area contributed by atoms with Gasteiger partial charge in [0.2, 0.25) is 0 Å². The van der Waals surface area contributed by atoms with E-state index in [1.807, 2.05) is 41.8 Å². The lowest BCUT2D eigenvalue weighted by Crippen LogP contribution is -2.22. The Balaban J connectivity index is 1.96. The number of anilines is 1. The van der Waals surface area contributed by atoms with Crippen molar-refractivity contribution in [2.24, 2.45) is 5.10 Å². The molecule has 1 aromatic carbocycles. The number of amides is 1. The molecule has 2 rings (SSSR count). The molecule has 0 saturated heterocycles. The summed E-state index contributed by atoms with van der Waals surface area (Å²) in [5.41, 5.74) is 4.27. The average Bonchev–Trinajstić information content (AvgIpc) is 3.02. The molecule has 0 spiro atoms. The van der Waals surface area contributed by atoms with Crippen LogP contribution in [0.15, 0.2) is 46.9 Å². The van der Waals surface area contributed by atoms with Gasteiger partial charge in [0, 0.05) is 29.2 Å². The molecule has 0 unspecified atom stereocenters. The van der Waals surface area contributed by atoms with Gasteiger partial charge in [0.1, 0.15) is 0 Å². The fraction of sp³-hybridized carbons (Fsp3) is 0.250. The fourth-order valence-electron chi connectivity index (χ4n) is 2.00. The second kappa shape index (κ2) is 7.59. The van der Waals surface area contributed by atoms with Crippen molar-refractivity contribution in [1.29, 1.82) is 0 Å². The Bertz CT molecular complexity index is 586. The first-order chi connectivity index (χ1) is 10.2. The number of rotatable bonds is 6. The van der Waals surface area contributed by atoms with Crippen molar-refractivity contribution >= 4 is 29.1 Å². The molecule has 1 aromatic heterocycles. The Kier molecular flexibility index (Phi) is 5.51. The van der Waals surface area contributed by atoms with Crippen LogP contribution in [-0.2, 0) is 0 Å². The second-order valence-corrected chi connectivity index (χ2v) is 5.41. The zero-order valence-electron chi connectivity index (χ0n) is 12.2. The summed E-state index contributed by atoms with van der Waals surface area (Å²) in [7, 11) is 0. The smallest absolute Gasteiger partial charge is 0.271 e. The molecule has 0 bridgehead atoms. The fourth-order valence-corrected chi connectivity index (χ4v) is 2.58. The van der Waals surface area contributed by atoms with Crippen LogP contribution in [0, 0.1) is 0 Å². The number of nitrogens with zero attached hydrogens (tertiary/aromatic N) is 2. The van der Waals surface area contributed by atoms with Crippen molar-refractivity contribution in [3.63, 3.8) is 0 Å². The monoisotopic (exact) mass is 301 g/mol. The summed E-state index contributed by atoms with van der Waals surface area (Å²) in [4.78, 5) is 15.2. The summed E-state index contributed by atoms with van der Waals surface area (Å²) in [6.07, 6.45) is 1.65. The van der Waals surface area contributed by atoms with Gasteiger partial charge in [-0.3, -0.25) is 4.79 Å². The van der Waals surface area contributed by atoms with Crippen LogP contribution in [0.2, 0.25) is 0 Å². The van der Waals surface area contributed by atoms with Crippen molar-refractivity contribution in [2.75, 3.05) is 18.0 Å². The van der Waals surface area contributed by atoms with Crippen LogP contribution in [0.25, 0.3) is 0 Å². The Morgan fingerprint density at radius 2 is 1.95 bits per heavy atom. The molecule has 0 aliphatic heterocycles. The molecule has 0 saturated carbocycles. The lowest BCUT2D eigenvalue weighted by molar-refractivity contribution is 0.0955. The molecule has 0 atom stereocenters. The van der Waals surface area contributed by atoms with Crippen LogP contribution in [-0.4, -0.2) is 25.2 Å². The van der Waals surface area contributed by atoms with Gasteiger partial charge in [-0.15, -0.1) is 11.3 Å². The summed E-state index contributed by atoms with van der Waals surface area (Å²) in [6, 6.07) is 11.5. The van der Waals surface area contributed by atoms with Crippen molar-refractivity contribution in [2.45, 2.75) is 13.8 Å². The van der Waals surface area contributed by atoms with Gasteiger partial charge in [-0.2, -0.15) is 5.10 Å². The van der Waals surface area contributed by atoms with Crippen LogP contribution in [0.1, 0.15) is 29.1 Å². The first kappa shape index (κ1) is 15.3. The maximum atomic E-state index is 12.0. The summed E-state index contributed by atoms with van der Waals surface area (Å²) in [6.45, 7) is 6.13. The molecule has 2 aromatic rings. The van der Waals surface area contributed by atoms with Gasteiger partial charge in [0.05, 0.1) is 6.21 Å². The molecule has 1 heterocycles. The third-order valence-corrected chi connectivity index (χ3v) is 3.97. The highest BCUT2D eigenvalue weighted by Crippen LogP contribution is 2.14. The lowest BCUT2D eigenvalue weighted by Gasteiger charge is -2.20. The molecule has 110 valence electrons. The van der Waals surface area contributed by atoms with Crippen LogP contribution in [0.4, 0.5) is 5.69 Å². The van der Waals surface area contributed by atoms with Crippen molar-refractivity contribution in [3.05, 3.63) is 52.2 Å². The molecule has 1 amide bonds. The predicted molar refractivity (Wildman–Crippen MR) is 89.4 cm³/mol. The second-order valence-electron chi connectivity index (χ2n) is 4.43. The summed E-state index contributed by atoms with van der Waals surface area (Å²) in [5, 5.41) is 5.92. The number of hydrogen-bond donors (Lipinski definition) is 1. The first-order valence-corrected chi connectivity index (χ1v) is 7.84. The van der Waals surface area contributed by atoms with E-state index in [1.165, 1.54) is 0 Å². The largest absolute Gasteiger partial charge is 0.372 e. The van der Waals surface area contributed by atoms with Crippen molar-refractivity contribution in [3.8, 4) is 0 Å². The summed E-state index contributed by atoms with van der Waals surface area (Å²) in [5.74, 6) is -0.200. The predicted octanol–water partition coefficient (Wildman–Crippen LogP) is 3.36. The minimum absolute atomic E-state index is 0.200. The van der Waals surface area contributed by atoms with E-state index in [0.29, 0.717) is 5.56 Å². The number of carbonyl (C=O) groups excluding carboxylic acids is 1. The van der Waals surface area contributed by atoms with Crippen LogP contribution in [0.5, 0.6) is 0 Å². The number of benzene rings is 1. The molecule has 4 nitrogen and oxygen atoms in total. The molecule has 0 aliphatic rings. The van der Waals surface area contributed by atoms with Gasteiger partial charge in [0.25, 0.3) is 5.91 Å². The zero-order chi connectivity index (χ0) is 15.1. The minimum Gasteiger partial charge on any atom is -0.372 e. The number of hydrogen-bond acceptors (Lipinski definition) is 4. The zero-order valence-corrected chi connectivity index (χ0v) is 13.1. The van der Waals surface area contributed by atoms with E-state index in [2.05, 4.69) is 29.3 Å². The third-order valence-electron chi connectivity index (χ3n) is 3.16. The van der Waals surface area contributed by atoms with Gasteiger partial charge < -0.3 is 4.90 Å².